The lowest BCUT2D eigenvalue weighted by Crippen LogP contribution is -2.01. The molecule has 0 atom stereocenters. The predicted octanol–water partition coefficient (Wildman–Crippen LogP) is 14.8. The normalized spacial score (nSPS) is 11.3. The van der Waals surface area contributed by atoms with E-state index in [1.165, 1.54) is 141 Å². The summed E-state index contributed by atoms with van der Waals surface area (Å²) in [6.07, 6.45) is 34.2. The monoisotopic (exact) mass is 722 g/mol. The lowest BCUT2D eigenvalue weighted by molar-refractivity contribution is 0.304. The molecule has 5 heteroatoms. The first kappa shape index (κ1) is 42.1. The Morgan fingerprint density at radius 3 is 1.28 bits per heavy atom. The van der Waals surface area contributed by atoms with E-state index >= 15 is 0 Å². The molecular formula is C48H71N3O2. The van der Waals surface area contributed by atoms with Gasteiger partial charge in [0.25, 0.3) is 0 Å². The van der Waals surface area contributed by atoms with Crippen LogP contribution in [0.15, 0.2) is 79.0 Å². The molecule has 0 aliphatic rings. The van der Waals surface area contributed by atoms with Crippen LogP contribution in [-0.2, 0) is 0 Å². The van der Waals surface area contributed by atoms with Crippen LogP contribution in [0.2, 0.25) is 0 Å². The van der Waals surface area contributed by atoms with E-state index in [1.807, 2.05) is 29.1 Å². The number of hydrogen-bond acceptors (Lipinski definition) is 4. The number of ether oxygens (including phenoxy) is 2. The molecule has 0 aliphatic heterocycles. The summed E-state index contributed by atoms with van der Waals surface area (Å²) in [6.45, 7) is 6.12. The van der Waals surface area contributed by atoms with Crippen LogP contribution in [0.3, 0.4) is 0 Å². The lowest BCUT2D eigenvalue weighted by atomic mass is 10.1. The molecule has 2 aromatic heterocycles. The zero-order valence-corrected chi connectivity index (χ0v) is 33.5. The Kier molecular flexibility index (Phi) is 21.5. The number of unbranched alkanes of at least 4 members (excludes halogenated alkanes) is 22. The summed E-state index contributed by atoms with van der Waals surface area (Å²) >= 11 is 0. The van der Waals surface area contributed by atoms with E-state index in [2.05, 4.69) is 73.4 Å². The van der Waals surface area contributed by atoms with Crippen molar-refractivity contribution in [3.8, 4) is 39.8 Å². The van der Waals surface area contributed by atoms with Crippen LogP contribution < -0.4 is 9.47 Å². The quantitative estimate of drug-likeness (QED) is 0.0486. The van der Waals surface area contributed by atoms with Crippen molar-refractivity contribution >= 4 is 0 Å². The average Bonchev–Trinajstić information content (AvgIpc) is 3.65. The van der Waals surface area contributed by atoms with E-state index in [-0.39, 0.29) is 0 Å². The molecule has 4 rings (SSSR count). The van der Waals surface area contributed by atoms with Crippen LogP contribution in [0.4, 0.5) is 0 Å². The molecule has 0 saturated carbocycles. The van der Waals surface area contributed by atoms with Gasteiger partial charge in [-0.1, -0.05) is 161 Å². The molecule has 2 aromatic carbocycles. The number of pyridine rings is 1. The van der Waals surface area contributed by atoms with Crippen molar-refractivity contribution in [3.63, 3.8) is 0 Å². The number of rotatable bonds is 31. The molecule has 4 aromatic rings. The van der Waals surface area contributed by atoms with Crippen molar-refractivity contribution in [3.05, 3.63) is 79.0 Å². The van der Waals surface area contributed by atoms with Gasteiger partial charge >= 0.3 is 0 Å². The summed E-state index contributed by atoms with van der Waals surface area (Å²) in [5.41, 5.74) is 4.04. The molecule has 5 nitrogen and oxygen atoms in total. The fourth-order valence-electron chi connectivity index (χ4n) is 7.09. The van der Waals surface area contributed by atoms with Crippen LogP contribution in [0, 0.1) is 0 Å². The smallest absolute Gasteiger partial charge is 0.153 e. The van der Waals surface area contributed by atoms with Gasteiger partial charge in [0.1, 0.15) is 11.5 Å². The highest BCUT2D eigenvalue weighted by Gasteiger charge is 2.14. The number of aromatic nitrogens is 3. The minimum Gasteiger partial charge on any atom is -0.494 e. The van der Waals surface area contributed by atoms with Gasteiger partial charge in [0.2, 0.25) is 0 Å². The molecule has 0 fully saturated rings. The highest BCUT2D eigenvalue weighted by Crippen LogP contribution is 2.30. The Labute approximate surface area is 323 Å². The van der Waals surface area contributed by atoms with E-state index in [4.69, 9.17) is 14.6 Å². The lowest BCUT2D eigenvalue weighted by Gasteiger charge is -2.09. The van der Waals surface area contributed by atoms with Crippen molar-refractivity contribution in [2.45, 2.75) is 168 Å². The maximum Gasteiger partial charge on any atom is 0.153 e. The summed E-state index contributed by atoms with van der Waals surface area (Å²) in [4.78, 5) is 4.61. The predicted molar refractivity (Wildman–Crippen MR) is 225 cm³/mol. The third-order valence-corrected chi connectivity index (χ3v) is 10.4. The Hall–Kier alpha value is -3.60. The van der Waals surface area contributed by atoms with Gasteiger partial charge in [-0.25, -0.2) is 9.67 Å². The molecule has 0 N–H and O–H groups in total. The molecule has 0 bridgehead atoms. The van der Waals surface area contributed by atoms with Crippen LogP contribution in [0.5, 0.6) is 11.5 Å². The summed E-state index contributed by atoms with van der Waals surface area (Å²) < 4.78 is 14.2. The molecule has 0 amide bonds. The molecule has 0 radical (unpaired) electrons. The highest BCUT2D eigenvalue weighted by molar-refractivity contribution is 5.70. The Bertz CT molecular complexity index is 1450. The molecule has 0 saturated heterocycles. The van der Waals surface area contributed by atoms with E-state index < -0.39 is 0 Å². The van der Waals surface area contributed by atoms with Crippen LogP contribution in [0.1, 0.15) is 168 Å². The van der Waals surface area contributed by atoms with Gasteiger partial charge in [0.05, 0.1) is 24.6 Å². The van der Waals surface area contributed by atoms with Crippen molar-refractivity contribution in [1.82, 2.24) is 14.8 Å². The van der Waals surface area contributed by atoms with Crippen LogP contribution >= 0.6 is 0 Å². The van der Waals surface area contributed by atoms with Gasteiger partial charge in [-0.15, -0.1) is 0 Å². The van der Waals surface area contributed by atoms with E-state index in [0.717, 1.165) is 65.9 Å². The maximum atomic E-state index is 6.12. The second-order valence-corrected chi connectivity index (χ2v) is 15.0. The van der Waals surface area contributed by atoms with E-state index in [1.54, 1.807) is 0 Å². The average molecular weight is 722 g/mol. The first-order valence-electron chi connectivity index (χ1n) is 21.8. The van der Waals surface area contributed by atoms with E-state index in [0.29, 0.717) is 0 Å². The Morgan fingerprint density at radius 1 is 0.453 bits per heavy atom. The second-order valence-electron chi connectivity index (χ2n) is 15.0. The van der Waals surface area contributed by atoms with Crippen molar-refractivity contribution in [1.29, 1.82) is 0 Å². The first-order chi connectivity index (χ1) is 26.3. The topological polar surface area (TPSA) is 49.2 Å². The molecule has 0 spiro atoms. The number of nitrogens with zero attached hydrogens (tertiary/aromatic N) is 3. The van der Waals surface area contributed by atoms with Crippen molar-refractivity contribution in [2.24, 2.45) is 0 Å². The minimum absolute atomic E-state index is 0.770. The van der Waals surface area contributed by atoms with Crippen molar-refractivity contribution in [2.75, 3.05) is 13.2 Å². The molecule has 53 heavy (non-hydrogen) atoms. The fraction of sp³-hybridized carbons (Fsp3) is 0.583. The van der Waals surface area contributed by atoms with Gasteiger partial charge in [-0.3, -0.25) is 0 Å². The third-order valence-electron chi connectivity index (χ3n) is 10.4. The fourth-order valence-corrected chi connectivity index (χ4v) is 7.09. The van der Waals surface area contributed by atoms with Gasteiger partial charge in [-0.05, 0) is 79.6 Å². The Morgan fingerprint density at radius 2 is 0.868 bits per heavy atom. The minimum atomic E-state index is 0.770. The van der Waals surface area contributed by atoms with Gasteiger partial charge in [-0.2, -0.15) is 5.10 Å². The van der Waals surface area contributed by atoms with E-state index in [9.17, 15) is 0 Å². The van der Waals surface area contributed by atoms with Crippen LogP contribution in [-0.4, -0.2) is 28.0 Å². The SMILES string of the molecule is CCCCCCCCCCCCCCOc1ccc(-c2cc(-c3ccc(OCCCCCCCCCCCCCC)cc3)n(-c3ccccn3)n2)cc1. The van der Waals surface area contributed by atoms with Crippen LogP contribution in [0.25, 0.3) is 28.3 Å². The van der Waals surface area contributed by atoms with Crippen molar-refractivity contribution < 1.29 is 9.47 Å². The zero-order valence-electron chi connectivity index (χ0n) is 33.5. The van der Waals surface area contributed by atoms with Gasteiger partial charge in [0.15, 0.2) is 5.82 Å². The summed E-state index contributed by atoms with van der Waals surface area (Å²) in [5.74, 6) is 2.63. The summed E-state index contributed by atoms with van der Waals surface area (Å²) in [5, 5.41) is 5.02. The second kappa shape index (κ2) is 27.1. The number of benzene rings is 2. The van der Waals surface area contributed by atoms with Gasteiger partial charge < -0.3 is 9.47 Å². The molecular weight excluding hydrogens is 651 g/mol. The maximum absolute atomic E-state index is 6.12. The highest BCUT2D eigenvalue weighted by atomic mass is 16.5. The Balaban J connectivity index is 1.18. The zero-order chi connectivity index (χ0) is 37.0. The molecule has 0 unspecified atom stereocenters. The summed E-state index contributed by atoms with van der Waals surface area (Å²) in [6, 6.07) is 24.9. The van der Waals surface area contributed by atoms with Gasteiger partial charge in [0, 0.05) is 17.3 Å². The molecule has 2 heterocycles. The molecule has 0 aliphatic carbocycles. The number of hydrogen-bond donors (Lipinski definition) is 0. The largest absolute Gasteiger partial charge is 0.494 e. The summed E-state index contributed by atoms with van der Waals surface area (Å²) in [7, 11) is 0. The third kappa shape index (κ3) is 17.0. The first-order valence-corrected chi connectivity index (χ1v) is 21.8. The standard InChI is InChI=1S/C48H71N3O2/c1-3-5-7-9-11-13-15-17-19-21-23-27-39-52-44-34-30-42(31-35-44)46-41-47(51(50-46)48-29-25-26-38-49-48)43-32-36-45(37-33-43)53-40-28-24-22-20-18-16-14-12-10-8-6-4-2/h25-26,29-38,41H,3-24,27-28,39-40H2,1-2H3. The molecule has 290 valence electrons.